The highest BCUT2D eigenvalue weighted by Crippen LogP contribution is 2.32. The van der Waals surface area contributed by atoms with Gasteiger partial charge in [-0.2, -0.15) is 0 Å². The number of esters is 1. The summed E-state index contributed by atoms with van der Waals surface area (Å²) in [6.07, 6.45) is 1.59. The Kier molecular flexibility index (Phi) is 7.88. The van der Waals surface area contributed by atoms with Crippen LogP contribution in [0.1, 0.15) is 11.1 Å². The van der Waals surface area contributed by atoms with Crippen LogP contribution in [0.25, 0.3) is 6.08 Å². The summed E-state index contributed by atoms with van der Waals surface area (Å²) in [4.78, 5) is 28.2. The normalized spacial score (nSPS) is 14.5. The second-order valence-electron chi connectivity index (χ2n) is 7.70. The zero-order valence-electron chi connectivity index (χ0n) is 18.9. The van der Waals surface area contributed by atoms with Crippen molar-refractivity contribution in [3.05, 3.63) is 99.4 Å². The second kappa shape index (κ2) is 11.1. The summed E-state index contributed by atoms with van der Waals surface area (Å²) in [5, 5.41) is 0.952. The summed E-state index contributed by atoms with van der Waals surface area (Å²) < 4.78 is 23.6. The van der Waals surface area contributed by atoms with Crippen LogP contribution in [0.2, 0.25) is 10.0 Å². The van der Waals surface area contributed by atoms with Gasteiger partial charge in [0, 0.05) is 5.02 Å². The molecule has 0 aliphatic carbocycles. The molecule has 6 nitrogen and oxygen atoms in total. The highest BCUT2D eigenvalue weighted by atomic mass is 35.5. The van der Waals surface area contributed by atoms with Gasteiger partial charge in [-0.1, -0.05) is 41.4 Å². The predicted molar refractivity (Wildman–Crippen MR) is 140 cm³/mol. The average molecular weight is 545 g/mol. The average Bonchev–Trinajstić information content (AvgIpc) is 3.09. The molecule has 0 N–H and O–H groups in total. The van der Waals surface area contributed by atoms with Gasteiger partial charge >= 0.3 is 5.97 Å². The van der Waals surface area contributed by atoms with Crippen molar-refractivity contribution in [3.8, 4) is 5.75 Å². The number of amides is 1. The second-order valence-corrected chi connectivity index (χ2v) is 8.91. The van der Waals surface area contributed by atoms with Gasteiger partial charge in [-0.3, -0.25) is 14.5 Å². The van der Waals surface area contributed by atoms with Crippen LogP contribution in [0.5, 0.6) is 5.75 Å². The molecular weight excluding hydrogens is 526 g/mol. The summed E-state index contributed by atoms with van der Waals surface area (Å²) in [6.45, 7) is -0.0419. The number of hydrogen-bond acceptors (Lipinski definition) is 5. The molecule has 1 heterocycles. The molecule has 0 saturated carbocycles. The van der Waals surface area contributed by atoms with E-state index in [-0.39, 0.29) is 29.8 Å². The molecule has 0 unspecified atom stereocenters. The van der Waals surface area contributed by atoms with Gasteiger partial charge in [0.1, 0.15) is 30.4 Å². The number of rotatable bonds is 7. The zero-order valence-corrected chi connectivity index (χ0v) is 21.2. The SMILES string of the molecule is COC(=O)CN1C(=S)N(c2ccc(Cl)cc2)C(=O)/C1=C/c1ccc(OCc2ccc(F)cc2)c(Cl)c1. The van der Waals surface area contributed by atoms with Crippen LogP contribution in [0.3, 0.4) is 0 Å². The zero-order chi connectivity index (χ0) is 25.8. The third-order valence-corrected chi connectivity index (χ3v) is 6.25. The lowest BCUT2D eigenvalue weighted by Gasteiger charge is -2.19. The highest BCUT2D eigenvalue weighted by Gasteiger charge is 2.40. The largest absolute Gasteiger partial charge is 0.487 e. The minimum atomic E-state index is -0.559. The van der Waals surface area contributed by atoms with Crippen LogP contribution in [0, 0.1) is 5.82 Å². The first-order chi connectivity index (χ1) is 17.3. The number of hydrogen-bond donors (Lipinski definition) is 0. The van der Waals surface area contributed by atoms with E-state index >= 15 is 0 Å². The maximum absolute atomic E-state index is 13.4. The van der Waals surface area contributed by atoms with E-state index in [9.17, 15) is 14.0 Å². The third-order valence-electron chi connectivity index (χ3n) is 5.30. The highest BCUT2D eigenvalue weighted by molar-refractivity contribution is 7.80. The number of thiocarbonyl (C=S) groups is 1. The first kappa shape index (κ1) is 25.6. The van der Waals surface area contributed by atoms with Crippen molar-refractivity contribution in [2.45, 2.75) is 6.61 Å². The van der Waals surface area contributed by atoms with E-state index < -0.39 is 11.9 Å². The Labute approximate surface area is 222 Å². The van der Waals surface area contributed by atoms with Gasteiger partial charge < -0.3 is 14.4 Å². The van der Waals surface area contributed by atoms with Gasteiger partial charge in [0.2, 0.25) is 0 Å². The minimum Gasteiger partial charge on any atom is -0.487 e. The Balaban J connectivity index is 1.61. The molecule has 0 aromatic heterocycles. The number of halogens is 3. The van der Waals surface area contributed by atoms with Crippen molar-refractivity contribution < 1.29 is 23.5 Å². The fourth-order valence-electron chi connectivity index (χ4n) is 3.47. The molecule has 3 aromatic carbocycles. The van der Waals surface area contributed by atoms with Crippen molar-refractivity contribution in [2.24, 2.45) is 0 Å². The molecule has 1 aliphatic heterocycles. The third kappa shape index (κ3) is 5.67. The fourth-order valence-corrected chi connectivity index (χ4v) is 4.19. The molecule has 0 bridgehead atoms. The lowest BCUT2D eigenvalue weighted by Crippen LogP contribution is -2.35. The van der Waals surface area contributed by atoms with Crippen LogP contribution in [-0.2, 0) is 20.9 Å². The van der Waals surface area contributed by atoms with E-state index in [2.05, 4.69) is 0 Å². The van der Waals surface area contributed by atoms with Gasteiger partial charge in [-0.15, -0.1) is 0 Å². The van der Waals surface area contributed by atoms with E-state index in [1.165, 1.54) is 29.0 Å². The first-order valence-electron chi connectivity index (χ1n) is 10.6. The molecule has 1 aliphatic rings. The van der Waals surface area contributed by atoms with E-state index in [0.717, 1.165) is 5.56 Å². The summed E-state index contributed by atoms with van der Waals surface area (Å²) in [5.41, 5.74) is 2.06. The lowest BCUT2D eigenvalue weighted by atomic mass is 10.1. The molecule has 4 rings (SSSR count). The first-order valence-corrected chi connectivity index (χ1v) is 11.8. The molecule has 184 valence electrons. The lowest BCUT2D eigenvalue weighted by molar-refractivity contribution is -0.140. The van der Waals surface area contributed by atoms with E-state index in [0.29, 0.717) is 27.0 Å². The maximum Gasteiger partial charge on any atom is 0.325 e. The molecular formula is C26H19Cl2FN2O4S. The van der Waals surface area contributed by atoms with Crippen LogP contribution in [-0.4, -0.2) is 35.5 Å². The van der Waals surface area contributed by atoms with Crippen LogP contribution >= 0.6 is 35.4 Å². The van der Waals surface area contributed by atoms with Crippen molar-refractivity contribution in [1.82, 2.24) is 4.90 Å². The van der Waals surface area contributed by atoms with E-state index in [1.807, 2.05) is 0 Å². The number of methoxy groups -OCH3 is 1. The van der Waals surface area contributed by atoms with Crippen molar-refractivity contribution in [2.75, 3.05) is 18.6 Å². The number of benzene rings is 3. The molecule has 0 radical (unpaired) electrons. The van der Waals surface area contributed by atoms with E-state index in [4.69, 9.17) is 44.9 Å². The maximum atomic E-state index is 13.4. The van der Waals surface area contributed by atoms with Crippen molar-refractivity contribution >= 4 is 64.2 Å². The van der Waals surface area contributed by atoms with Crippen molar-refractivity contribution in [3.63, 3.8) is 0 Å². The van der Waals surface area contributed by atoms with Gasteiger partial charge in [0.25, 0.3) is 5.91 Å². The number of anilines is 1. The minimum absolute atomic E-state index is 0.129. The van der Waals surface area contributed by atoms with Crippen LogP contribution in [0.15, 0.2) is 72.4 Å². The Morgan fingerprint density at radius 3 is 2.39 bits per heavy atom. The fraction of sp³-hybridized carbons (Fsp3) is 0.115. The summed E-state index contributed by atoms with van der Waals surface area (Å²) in [7, 11) is 1.26. The van der Waals surface area contributed by atoms with Gasteiger partial charge in [-0.25, -0.2) is 4.39 Å². The number of carbonyl (C=O) groups is 2. The Bertz CT molecular complexity index is 1350. The Hall–Kier alpha value is -3.46. The van der Waals surface area contributed by atoms with E-state index in [1.54, 1.807) is 60.7 Å². The van der Waals surface area contributed by atoms with Crippen molar-refractivity contribution in [1.29, 1.82) is 0 Å². The summed E-state index contributed by atoms with van der Waals surface area (Å²) in [5.74, 6) is -0.882. The summed E-state index contributed by atoms with van der Waals surface area (Å²) >= 11 is 17.9. The predicted octanol–water partition coefficient (Wildman–Crippen LogP) is 5.86. The van der Waals surface area contributed by atoms with Gasteiger partial charge in [0.15, 0.2) is 5.11 Å². The molecule has 10 heteroatoms. The quantitative estimate of drug-likeness (QED) is 0.211. The Morgan fingerprint density at radius 2 is 1.75 bits per heavy atom. The van der Waals surface area contributed by atoms with Crippen LogP contribution < -0.4 is 9.64 Å². The molecule has 0 atom stereocenters. The number of carbonyl (C=O) groups excluding carboxylic acids is 2. The Morgan fingerprint density at radius 1 is 1.06 bits per heavy atom. The number of nitrogens with zero attached hydrogens (tertiary/aromatic N) is 2. The topological polar surface area (TPSA) is 59.1 Å². The number of ether oxygens (including phenoxy) is 2. The molecule has 3 aromatic rings. The van der Waals surface area contributed by atoms with Gasteiger partial charge in [-0.05, 0) is 78.0 Å². The standard InChI is InChI=1S/C26H19Cl2FN2O4S/c1-34-24(32)14-30-22(25(33)31(26(30)36)20-9-5-18(27)6-10-20)13-17-4-11-23(21(28)12-17)35-15-16-2-7-19(29)8-3-16/h2-13H,14-15H2,1H3/b22-13-. The molecule has 1 saturated heterocycles. The van der Waals surface area contributed by atoms with Gasteiger partial charge in [0.05, 0.1) is 17.8 Å². The molecule has 1 amide bonds. The summed E-state index contributed by atoms with van der Waals surface area (Å²) in [6, 6.07) is 17.6. The smallest absolute Gasteiger partial charge is 0.325 e. The monoisotopic (exact) mass is 544 g/mol. The molecule has 1 fully saturated rings. The van der Waals surface area contributed by atoms with Crippen LogP contribution in [0.4, 0.5) is 10.1 Å². The molecule has 36 heavy (non-hydrogen) atoms. The molecule has 0 spiro atoms.